The van der Waals surface area contributed by atoms with Crippen LogP contribution in [0.25, 0.3) is 0 Å². The van der Waals surface area contributed by atoms with E-state index in [2.05, 4.69) is 13.7 Å². The Bertz CT molecular complexity index is 62.1. The van der Waals surface area contributed by atoms with E-state index in [0.717, 1.165) is 12.5 Å². The second-order valence-electron chi connectivity index (χ2n) is 2.89. The van der Waals surface area contributed by atoms with Gasteiger partial charge in [0, 0.05) is 0 Å². The summed E-state index contributed by atoms with van der Waals surface area (Å²) >= 11 is 0. The van der Waals surface area contributed by atoms with Crippen molar-refractivity contribution in [3.63, 3.8) is 0 Å². The summed E-state index contributed by atoms with van der Waals surface area (Å²) < 4.78 is 0. The molecule has 0 spiro atoms. The maximum atomic E-state index is 2.36. The first-order valence-corrected chi connectivity index (χ1v) is 3.30. The maximum absolute atomic E-state index is 2.36. The van der Waals surface area contributed by atoms with Crippen molar-refractivity contribution in [2.45, 2.75) is 38.7 Å². The van der Waals surface area contributed by atoms with Gasteiger partial charge in [-0.25, -0.2) is 0 Å². The molecule has 1 unspecified atom stereocenters. The zero-order chi connectivity index (χ0) is 5.28. The van der Waals surface area contributed by atoms with Crippen LogP contribution in [-0.4, -0.2) is 6.71 Å². The average molecular weight is 104 g/mol. The molecule has 0 bridgehead atoms. The summed E-state index contributed by atoms with van der Waals surface area (Å²) in [7, 11) is 0. The second-order valence-corrected chi connectivity index (χ2v) is 2.89. The molecule has 0 saturated carbocycles. The molecule has 1 heterocycles. The van der Waals surface area contributed by atoms with E-state index in [1.807, 2.05) is 0 Å². The van der Waals surface area contributed by atoms with Crippen molar-refractivity contribution in [3.8, 4) is 0 Å². The van der Waals surface area contributed by atoms with E-state index in [0.29, 0.717) is 0 Å². The van der Waals surface area contributed by atoms with Crippen LogP contribution in [0, 0.1) is 0 Å². The zero-order valence-corrected chi connectivity index (χ0v) is 6.28. The number of hydrogen-bond donors (Lipinski definition) is 0. The molecule has 0 aromatic carbocycles. The van der Waals surface area contributed by atoms with E-state index in [1.54, 1.807) is 0 Å². The van der Waals surface area contributed by atoms with Crippen molar-refractivity contribution < 1.29 is 20.3 Å². The normalized spacial score (nSPS) is 27.8. The van der Waals surface area contributed by atoms with Crippen LogP contribution in [0.4, 0.5) is 0 Å². The minimum Gasteiger partial charge on any atom is -1.00 e. The van der Waals surface area contributed by atoms with E-state index in [-0.39, 0.29) is 20.3 Å². The fourth-order valence-corrected chi connectivity index (χ4v) is 1.33. The van der Waals surface area contributed by atoms with Gasteiger partial charge in [-0.3, -0.25) is 0 Å². The molecule has 0 nitrogen and oxygen atoms in total. The Morgan fingerprint density at radius 1 is 1.62 bits per heavy atom. The van der Waals surface area contributed by atoms with E-state index in [1.165, 1.54) is 19.2 Å². The molecular formula is C6H14BLi. The molecule has 0 radical (unpaired) electrons. The first kappa shape index (κ1) is 8.66. The van der Waals surface area contributed by atoms with E-state index >= 15 is 0 Å². The Morgan fingerprint density at radius 2 is 2.25 bits per heavy atom. The first-order valence-electron chi connectivity index (χ1n) is 3.30. The average Bonchev–Trinajstić information content (AvgIpc) is 1.91. The topological polar surface area (TPSA) is 0 Å². The summed E-state index contributed by atoms with van der Waals surface area (Å²) in [6, 6.07) is 0. The molecule has 0 aliphatic carbocycles. The van der Waals surface area contributed by atoms with Crippen LogP contribution in [0.15, 0.2) is 0 Å². The van der Waals surface area contributed by atoms with Crippen LogP contribution in [0.3, 0.4) is 0 Å². The predicted molar refractivity (Wildman–Crippen MR) is 36.2 cm³/mol. The third-order valence-electron chi connectivity index (χ3n) is 2.29. The van der Waals surface area contributed by atoms with Crippen LogP contribution in [0.1, 0.15) is 21.2 Å². The summed E-state index contributed by atoms with van der Waals surface area (Å²) in [5.74, 6) is 1.01. The van der Waals surface area contributed by atoms with Crippen molar-refractivity contribution in [1.82, 2.24) is 0 Å². The molecule has 1 aliphatic rings. The molecule has 0 aromatic heterocycles. The van der Waals surface area contributed by atoms with Gasteiger partial charge in [-0.05, 0) is 0 Å². The van der Waals surface area contributed by atoms with Crippen molar-refractivity contribution in [2.75, 3.05) is 0 Å². The summed E-state index contributed by atoms with van der Waals surface area (Å²) in [6.07, 6.45) is 4.42. The van der Waals surface area contributed by atoms with Crippen LogP contribution in [0.2, 0.25) is 19.0 Å². The largest absolute Gasteiger partial charge is 1.00 e. The van der Waals surface area contributed by atoms with Gasteiger partial charge in [-0.1, -0.05) is 38.7 Å². The molecule has 1 saturated heterocycles. The molecule has 1 fully saturated rings. The molecule has 0 aromatic rings. The van der Waals surface area contributed by atoms with Gasteiger partial charge in [0.1, 0.15) is 6.71 Å². The molecule has 8 heavy (non-hydrogen) atoms. The SMILES string of the molecule is CB1CCCC1C.[H-].[Li+]. The van der Waals surface area contributed by atoms with Crippen molar-refractivity contribution in [3.05, 3.63) is 0 Å². The molecule has 2 heteroatoms. The van der Waals surface area contributed by atoms with Crippen molar-refractivity contribution in [2.24, 2.45) is 0 Å². The second kappa shape index (κ2) is 3.64. The Balaban J connectivity index is 0. The molecule has 42 valence electrons. The molecule has 1 aliphatic heterocycles. The van der Waals surface area contributed by atoms with Gasteiger partial charge in [-0.2, -0.15) is 0 Å². The minimum absolute atomic E-state index is 0. The summed E-state index contributed by atoms with van der Waals surface area (Å²) in [5, 5.41) is 0. The third kappa shape index (κ3) is 1.88. The summed E-state index contributed by atoms with van der Waals surface area (Å²) in [5.41, 5.74) is 0. The molecule has 1 rings (SSSR count). The van der Waals surface area contributed by atoms with Gasteiger partial charge in [0.25, 0.3) is 0 Å². The zero-order valence-electron chi connectivity index (χ0n) is 7.28. The van der Waals surface area contributed by atoms with E-state index in [4.69, 9.17) is 0 Å². The Morgan fingerprint density at radius 3 is 2.38 bits per heavy atom. The van der Waals surface area contributed by atoms with Gasteiger partial charge < -0.3 is 1.43 Å². The van der Waals surface area contributed by atoms with Crippen LogP contribution in [-0.2, 0) is 0 Å². The van der Waals surface area contributed by atoms with Gasteiger partial charge in [0.15, 0.2) is 0 Å². The first-order chi connectivity index (χ1) is 3.30. The van der Waals surface area contributed by atoms with E-state index in [9.17, 15) is 0 Å². The minimum atomic E-state index is 0. The maximum Gasteiger partial charge on any atom is 1.00 e. The number of rotatable bonds is 0. The van der Waals surface area contributed by atoms with Crippen LogP contribution >= 0.6 is 0 Å². The molecule has 0 N–H and O–H groups in total. The van der Waals surface area contributed by atoms with E-state index < -0.39 is 0 Å². The fraction of sp³-hybridized carbons (Fsp3) is 1.00. The fourth-order valence-electron chi connectivity index (χ4n) is 1.33. The predicted octanol–water partition coefficient (Wildman–Crippen LogP) is -0.589. The summed E-state index contributed by atoms with van der Waals surface area (Å²) in [6.45, 7) is 5.73. The quantitative estimate of drug-likeness (QED) is 0.360. The molecular weight excluding hydrogens is 89.8 g/mol. The van der Waals surface area contributed by atoms with Gasteiger partial charge in [0.2, 0.25) is 0 Å². The standard InChI is InChI=1S/C6H13B.Li.H/c1-6-4-3-5-7(6)2;;/h6H,3-5H2,1-2H3;;/q;+1;-1. The third-order valence-corrected chi connectivity index (χ3v) is 2.29. The van der Waals surface area contributed by atoms with Gasteiger partial charge in [-0.15, -0.1) is 0 Å². The number of hydrogen-bond acceptors (Lipinski definition) is 0. The van der Waals surface area contributed by atoms with Crippen molar-refractivity contribution in [1.29, 1.82) is 0 Å². The van der Waals surface area contributed by atoms with Crippen LogP contribution in [0.5, 0.6) is 0 Å². The Hall–Kier alpha value is 0.662. The van der Waals surface area contributed by atoms with Crippen molar-refractivity contribution >= 4 is 6.71 Å². The van der Waals surface area contributed by atoms with Crippen LogP contribution < -0.4 is 18.9 Å². The Kier molecular flexibility index (Phi) is 3.94. The molecule has 0 amide bonds. The monoisotopic (exact) mass is 104 g/mol. The van der Waals surface area contributed by atoms with Gasteiger partial charge >= 0.3 is 18.9 Å². The smallest absolute Gasteiger partial charge is 1.00 e. The Labute approximate surface area is 66.2 Å². The molecule has 1 atom stereocenters. The summed E-state index contributed by atoms with van der Waals surface area (Å²) in [4.78, 5) is 0. The van der Waals surface area contributed by atoms with Gasteiger partial charge in [0.05, 0.1) is 0 Å².